The molecule has 0 aliphatic heterocycles. The molecule has 3 amide bonds. The molecular weight excluding hydrogens is 318 g/mol. The quantitative estimate of drug-likeness (QED) is 0.440. The van der Waals surface area contributed by atoms with Crippen molar-refractivity contribution in [1.29, 1.82) is 0 Å². The summed E-state index contributed by atoms with van der Waals surface area (Å²) in [7, 11) is 5.58. The maximum Gasteiger partial charge on any atom is 0.500 e. The van der Waals surface area contributed by atoms with E-state index in [1.165, 1.54) is 0 Å². The van der Waals surface area contributed by atoms with Gasteiger partial charge in [0.25, 0.3) is 0 Å². The molecule has 0 radical (unpaired) electrons. The first-order valence-corrected chi connectivity index (χ1v) is 9.67. The van der Waals surface area contributed by atoms with Gasteiger partial charge in [-0.3, -0.25) is 4.79 Å². The fraction of sp³-hybridized carbons (Fsp3) is 0.857. The van der Waals surface area contributed by atoms with Gasteiger partial charge in [-0.2, -0.15) is 0 Å². The molecule has 0 saturated carbocycles. The van der Waals surface area contributed by atoms with Crippen molar-refractivity contribution in [3.05, 3.63) is 0 Å². The van der Waals surface area contributed by atoms with Crippen LogP contribution in [0.2, 0.25) is 6.04 Å². The first kappa shape index (κ1) is 21.8. The van der Waals surface area contributed by atoms with E-state index in [-0.39, 0.29) is 11.9 Å². The molecule has 0 aliphatic rings. The van der Waals surface area contributed by atoms with E-state index in [1.54, 1.807) is 45.2 Å². The van der Waals surface area contributed by atoms with Crippen LogP contribution in [-0.4, -0.2) is 85.6 Å². The Kier molecular flexibility index (Phi) is 10.8. The topological polar surface area (TPSA) is 80.3 Å². The predicted molar refractivity (Wildman–Crippen MR) is 90.2 cm³/mol. The summed E-state index contributed by atoms with van der Waals surface area (Å²) in [6, 6.07) is 0.468. The van der Waals surface area contributed by atoms with E-state index >= 15 is 0 Å². The lowest BCUT2D eigenvalue weighted by Gasteiger charge is -2.25. The fourth-order valence-electron chi connectivity index (χ4n) is 1.99. The number of likely N-dealkylation sites (N-methyl/N-ethyl adjacent to an activating group) is 2. The minimum atomic E-state index is -2.57. The molecule has 0 atom stereocenters. The smallest absolute Gasteiger partial charge is 0.377 e. The van der Waals surface area contributed by atoms with E-state index < -0.39 is 8.80 Å². The lowest BCUT2D eigenvalue weighted by atomic mass is 10.4. The second-order valence-electron chi connectivity index (χ2n) is 5.22. The van der Waals surface area contributed by atoms with Gasteiger partial charge in [0.1, 0.15) is 0 Å². The zero-order valence-corrected chi connectivity index (χ0v) is 16.2. The first-order chi connectivity index (χ1) is 10.9. The number of amides is 3. The number of hydrogen-bond acceptors (Lipinski definition) is 5. The molecule has 0 rings (SSSR count). The predicted octanol–water partition coefficient (Wildman–Crippen LogP) is 0.764. The van der Waals surface area contributed by atoms with E-state index in [2.05, 4.69) is 5.32 Å². The van der Waals surface area contributed by atoms with E-state index in [9.17, 15) is 9.59 Å². The molecule has 0 fully saturated rings. The molecule has 0 aromatic heterocycles. The van der Waals surface area contributed by atoms with Gasteiger partial charge < -0.3 is 28.4 Å². The van der Waals surface area contributed by atoms with Gasteiger partial charge in [0.15, 0.2) is 0 Å². The summed E-state index contributed by atoms with van der Waals surface area (Å²) >= 11 is 0. The third-order valence-electron chi connectivity index (χ3n) is 3.71. The third kappa shape index (κ3) is 7.78. The Morgan fingerprint density at radius 3 is 2.00 bits per heavy atom. The highest BCUT2D eigenvalue weighted by atomic mass is 28.4. The largest absolute Gasteiger partial charge is 0.500 e. The van der Waals surface area contributed by atoms with Crippen molar-refractivity contribution < 1.29 is 22.9 Å². The lowest BCUT2D eigenvalue weighted by molar-refractivity contribution is -0.129. The molecule has 0 saturated heterocycles. The van der Waals surface area contributed by atoms with Gasteiger partial charge in [0, 0.05) is 67.5 Å². The van der Waals surface area contributed by atoms with Crippen molar-refractivity contribution >= 4 is 20.7 Å². The van der Waals surface area contributed by atoms with E-state index in [1.807, 2.05) is 6.92 Å². The van der Waals surface area contributed by atoms with Crippen LogP contribution in [-0.2, 0) is 18.1 Å². The van der Waals surface area contributed by atoms with E-state index in [0.717, 1.165) is 0 Å². The summed E-state index contributed by atoms with van der Waals surface area (Å²) in [4.78, 5) is 26.6. The van der Waals surface area contributed by atoms with Gasteiger partial charge in [-0.25, -0.2) is 4.79 Å². The van der Waals surface area contributed by atoms with Crippen LogP contribution in [0.5, 0.6) is 0 Å². The Balaban J connectivity index is 4.03. The van der Waals surface area contributed by atoms with Crippen LogP contribution in [0.3, 0.4) is 0 Å². The van der Waals surface area contributed by atoms with E-state index in [0.29, 0.717) is 38.5 Å². The highest BCUT2D eigenvalue weighted by Crippen LogP contribution is 2.14. The molecule has 0 aromatic rings. The van der Waals surface area contributed by atoms with Crippen molar-refractivity contribution in [2.45, 2.75) is 25.8 Å². The van der Waals surface area contributed by atoms with Gasteiger partial charge in [0.05, 0.1) is 0 Å². The van der Waals surface area contributed by atoms with Crippen LogP contribution in [0.1, 0.15) is 19.8 Å². The average Bonchev–Trinajstić information content (AvgIpc) is 2.59. The van der Waals surface area contributed by atoms with E-state index in [4.69, 9.17) is 13.3 Å². The van der Waals surface area contributed by atoms with Crippen LogP contribution in [0.15, 0.2) is 0 Å². The van der Waals surface area contributed by atoms with Crippen LogP contribution in [0.4, 0.5) is 4.79 Å². The number of hydrogen-bond donors (Lipinski definition) is 1. The number of carbonyl (C=O) groups excluding carboxylic acids is 2. The number of nitrogens with zero attached hydrogens (tertiary/aromatic N) is 2. The van der Waals surface area contributed by atoms with Gasteiger partial charge in [0.2, 0.25) is 5.91 Å². The zero-order valence-electron chi connectivity index (χ0n) is 15.2. The van der Waals surface area contributed by atoms with Crippen molar-refractivity contribution in [3.63, 3.8) is 0 Å². The van der Waals surface area contributed by atoms with Gasteiger partial charge >= 0.3 is 14.8 Å². The normalized spacial score (nSPS) is 11.2. The second-order valence-corrected chi connectivity index (χ2v) is 8.31. The summed E-state index contributed by atoms with van der Waals surface area (Å²) in [6.45, 7) is 3.33. The Hall–Kier alpha value is -1.16. The molecule has 8 nitrogen and oxygen atoms in total. The molecule has 23 heavy (non-hydrogen) atoms. The number of nitrogens with one attached hydrogen (secondary N) is 1. The van der Waals surface area contributed by atoms with Crippen molar-refractivity contribution in [3.8, 4) is 0 Å². The second kappa shape index (κ2) is 11.4. The molecule has 0 spiro atoms. The summed E-state index contributed by atoms with van der Waals surface area (Å²) < 4.78 is 16.0. The minimum Gasteiger partial charge on any atom is -0.377 e. The molecule has 0 aliphatic carbocycles. The molecule has 0 aromatic carbocycles. The first-order valence-electron chi connectivity index (χ1n) is 7.74. The Bertz CT molecular complexity index is 358. The average molecular weight is 350 g/mol. The summed E-state index contributed by atoms with van der Waals surface area (Å²) in [5.41, 5.74) is 0. The maximum absolute atomic E-state index is 12.0. The Labute approximate surface area is 140 Å². The summed E-state index contributed by atoms with van der Waals surface area (Å²) in [6.07, 6.45) is 1.17. The highest BCUT2D eigenvalue weighted by molar-refractivity contribution is 6.60. The highest BCUT2D eigenvalue weighted by Gasteiger charge is 2.36. The standard InChI is InChI=1S/C14H31N3O5Si/c1-7-13(18)16(2)10-11-17(3)14(19)15-9-8-12-23(20-4,21-5)22-6/h7-12H2,1-6H3,(H,15,19). The molecule has 1 N–H and O–H groups in total. The maximum atomic E-state index is 12.0. The van der Waals surface area contributed by atoms with Crippen LogP contribution < -0.4 is 5.32 Å². The van der Waals surface area contributed by atoms with Gasteiger partial charge in [-0.15, -0.1) is 0 Å². The molecule has 0 unspecified atom stereocenters. The number of carbonyl (C=O) groups is 2. The molecule has 9 heteroatoms. The monoisotopic (exact) mass is 349 g/mol. The Morgan fingerprint density at radius 2 is 1.52 bits per heavy atom. The Morgan fingerprint density at radius 1 is 1.00 bits per heavy atom. The minimum absolute atomic E-state index is 0.0683. The van der Waals surface area contributed by atoms with Gasteiger partial charge in [-0.1, -0.05) is 6.92 Å². The summed E-state index contributed by atoms with van der Waals surface area (Å²) in [5, 5.41) is 2.83. The molecular formula is C14H31N3O5Si. The zero-order chi connectivity index (χ0) is 17.9. The van der Waals surface area contributed by atoms with Crippen molar-refractivity contribution in [1.82, 2.24) is 15.1 Å². The number of urea groups is 1. The lowest BCUT2D eigenvalue weighted by Crippen LogP contribution is -2.44. The molecule has 0 heterocycles. The fourth-order valence-corrected chi connectivity index (χ4v) is 3.71. The third-order valence-corrected chi connectivity index (χ3v) is 6.55. The van der Waals surface area contributed by atoms with Crippen molar-refractivity contribution in [2.24, 2.45) is 0 Å². The SMILES string of the molecule is CCC(=O)N(C)CCN(C)C(=O)NCCC[Si](OC)(OC)OC. The molecule has 0 bridgehead atoms. The van der Waals surface area contributed by atoms with Crippen LogP contribution in [0, 0.1) is 0 Å². The van der Waals surface area contributed by atoms with Crippen LogP contribution in [0.25, 0.3) is 0 Å². The number of rotatable bonds is 11. The van der Waals surface area contributed by atoms with Gasteiger partial charge in [-0.05, 0) is 6.42 Å². The summed E-state index contributed by atoms with van der Waals surface area (Å²) in [5.74, 6) is 0.0683. The van der Waals surface area contributed by atoms with Crippen molar-refractivity contribution in [2.75, 3.05) is 55.1 Å². The molecule has 136 valence electrons. The van der Waals surface area contributed by atoms with Crippen LogP contribution >= 0.6 is 0 Å².